The molecule has 0 aliphatic carbocycles. The SMILES string of the molecule is O=C1C(=O)N(CCCNCCO)C(c2ccccc2)/C1=C(/O)c1ccc(Cl)cc1. The molecule has 0 aromatic heterocycles. The zero-order chi connectivity index (χ0) is 20.8. The van der Waals surface area contributed by atoms with Crippen LogP contribution in [0.3, 0.4) is 0 Å². The van der Waals surface area contributed by atoms with Gasteiger partial charge in [-0.15, -0.1) is 0 Å². The van der Waals surface area contributed by atoms with Crippen molar-refractivity contribution < 1.29 is 19.8 Å². The van der Waals surface area contributed by atoms with Crippen LogP contribution in [0.2, 0.25) is 5.02 Å². The molecule has 0 spiro atoms. The van der Waals surface area contributed by atoms with Crippen LogP contribution in [0.4, 0.5) is 0 Å². The van der Waals surface area contributed by atoms with Crippen molar-refractivity contribution in [3.63, 3.8) is 0 Å². The first kappa shape index (κ1) is 21.0. The molecular weight excluding hydrogens is 392 g/mol. The monoisotopic (exact) mass is 414 g/mol. The molecule has 1 fully saturated rings. The van der Waals surface area contributed by atoms with Crippen molar-refractivity contribution in [1.82, 2.24) is 10.2 Å². The van der Waals surface area contributed by atoms with Gasteiger partial charge < -0.3 is 20.4 Å². The fraction of sp³-hybridized carbons (Fsp3) is 0.273. The zero-order valence-corrected chi connectivity index (χ0v) is 16.6. The summed E-state index contributed by atoms with van der Waals surface area (Å²) in [5.41, 5.74) is 1.26. The molecule has 0 radical (unpaired) electrons. The van der Waals surface area contributed by atoms with Gasteiger partial charge in [0.05, 0.1) is 18.2 Å². The fourth-order valence-electron chi connectivity index (χ4n) is 3.43. The molecule has 1 aliphatic rings. The molecule has 1 saturated heterocycles. The number of aliphatic hydroxyl groups is 2. The molecule has 1 aliphatic heterocycles. The van der Waals surface area contributed by atoms with Crippen molar-refractivity contribution in [1.29, 1.82) is 0 Å². The molecule has 6 nitrogen and oxygen atoms in total. The number of Topliss-reactive ketones (excluding diaryl/α,β-unsaturated/α-hetero) is 1. The molecule has 1 unspecified atom stereocenters. The maximum Gasteiger partial charge on any atom is 0.295 e. The molecule has 1 heterocycles. The smallest absolute Gasteiger partial charge is 0.295 e. The van der Waals surface area contributed by atoms with E-state index in [1.54, 1.807) is 24.3 Å². The summed E-state index contributed by atoms with van der Waals surface area (Å²) in [6.07, 6.45) is 0.608. The molecule has 152 valence electrons. The molecule has 0 bridgehead atoms. The average Bonchev–Trinajstić information content (AvgIpc) is 2.99. The molecule has 1 atom stereocenters. The third-order valence-corrected chi connectivity index (χ3v) is 5.07. The number of carbonyl (C=O) groups excluding carboxylic acids is 2. The maximum atomic E-state index is 12.8. The van der Waals surface area contributed by atoms with Gasteiger partial charge in [-0.3, -0.25) is 9.59 Å². The van der Waals surface area contributed by atoms with E-state index in [0.29, 0.717) is 36.6 Å². The van der Waals surface area contributed by atoms with Gasteiger partial charge >= 0.3 is 0 Å². The van der Waals surface area contributed by atoms with Crippen LogP contribution in [-0.4, -0.2) is 53.0 Å². The number of likely N-dealkylation sites (tertiary alicyclic amines) is 1. The van der Waals surface area contributed by atoms with Gasteiger partial charge in [0.1, 0.15) is 5.76 Å². The third kappa shape index (κ3) is 4.67. The Labute approximate surface area is 174 Å². The molecule has 2 aromatic carbocycles. The molecule has 0 saturated carbocycles. The number of carbonyl (C=O) groups is 2. The molecular formula is C22H23ClN2O4. The summed E-state index contributed by atoms with van der Waals surface area (Å²) in [6.45, 7) is 1.45. The van der Waals surface area contributed by atoms with Crippen LogP contribution < -0.4 is 5.32 Å². The van der Waals surface area contributed by atoms with Crippen LogP contribution >= 0.6 is 11.6 Å². The number of nitrogens with zero attached hydrogens (tertiary/aromatic N) is 1. The topological polar surface area (TPSA) is 89.9 Å². The van der Waals surface area contributed by atoms with Crippen LogP contribution in [-0.2, 0) is 9.59 Å². The van der Waals surface area contributed by atoms with E-state index in [2.05, 4.69) is 5.32 Å². The number of hydrogen-bond donors (Lipinski definition) is 3. The van der Waals surface area contributed by atoms with Gasteiger partial charge in [0.25, 0.3) is 11.7 Å². The maximum absolute atomic E-state index is 12.8. The van der Waals surface area contributed by atoms with Gasteiger partial charge in [-0.1, -0.05) is 41.9 Å². The molecule has 3 rings (SSSR count). The Morgan fingerprint density at radius 3 is 2.38 bits per heavy atom. The number of rotatable bonds is 8. The van der Waals surface area contributed by atoms with Crippen molar-refractivity contribution in [3.05, 3.63) is 76.3 Å². The largest absolute Gasteiger partial charge is 0.507 e. The van der Waals surface area contributed by atoms with Crippen LogP contribution in [0.1, 0.15) is 23.6 Å². The number of ketones is 1. The molecule has 2 aromatic rings. The van der Waals surface area contributed by atoms with Crippen LogP contribution in [0.25, 0.3) is 5.76 Å². The van der Waals surface area contributed by atoms with Gasteiger partial charge in [-0.2, -0.15) is 0 Å². The Balaban J connectivity index is 1.97. The van der Waals surface area contributed by atoms with Gasteiger partial charge in [-0.25, -0.2) is 0 Å². The highest BCUT2D eigenvalue weighted by atomic mass is 35.5. The lowest BCUT2D eigenvalue weighted by atomic mass is 9.95. The number of hydrogen-bond acceptors (Lipinski definition) is 5. The first-order chi connectivity index (χ1) is 14.0. The molecule has 1 amide bonds. The Morgan fingerprint density at radius 2 is 1.72 bits per heavy atom. The Hall–Kier alpha value is -2.67. The lowest BCUT2D eigenvalue weighted by Gasteiger charge is -2.25. The predicted molar refractivity (Wildman–Crippen MR) is 111 cm³/mol. The summed E-state index contributed by atoms with van der Waals surface area (Å²) in [5, 5.41) is 23.3. The number of halogens is 1. The second-order valence-corrected chi connectivity index (χ2v) is 7.17. The van der Waals surface area contributed by atoms with Gasteiger partial charge in [-0.05, 0) is 42.8 Å². The molecule has 7 heteroatoms. The standard InChI is InChI=1S/C22H23ClN2O4/c23-17-9-7-16(8-10-17)20(27)18-19(15-5-2-1-3-6-15)25(22(29)21(18)28)13-4-11-24-12-14-26/h1-3,5-10,19,24,26-27H,4,11-14H2/b20-18-. The fourth-order valence-corrected chi connectivity index (χ4v) is 3.56. The summed E-state index contributed by atoms with van der Waals surface area (Å²) in [4.78, 5) is 27.1. The minimum Gasteiger partial charge on any atom is -0.507 e. The van der Waals surface area contributed by atoms with Crippen molar-refractivity contribution in [2.75, 3.05) is 26.2 Å². The van der Waals surface area contributed by atoms with Crippen LogP contribution in [0.5, 0.6) is 0 Å². The predicted octanol–water partition coefficient (Wildman–Crippen LogP) is 2.73. The van der Waals surface area contributed by atoms with Gasteiger partial charge in [0.15, 0.2) is 0 Å². The quantitative estimate of drug-likeness (QED) is 0.267. The van der Waals surface area contributed by atoms with Crippen molar-refractivity contribution in [2.45, 2.75) is 12.5 Å². The first-order valence-corrected chi connectivity index (χ1v) is 9.83. The Bertz CT molecular complexity index is 897. The third-order valence-electron chi connectivity index (χ3n) is 4.81. The summed E-state index contributed by atoms with van der Waals surface area (Å²) in [5.74, 6) is -1.54. The van der Waals surface area contributed by atoms with Crippen LogP contribution in [0, 0.1) is 0 Å². The van der Waals surface area contributed by atoms with Gasteiger partial charge in [0.2, 0.25) is 0 Å². The highest BCUT2D eigenvalue weighted by Gasteiger charge is 2.45. The summed E-state index contributed by atoms with van der Waals surface area (Å²) in [7, 11) is 0. The number of benzene rings is 2. The number of nitrogens with one attached hydrogen (secondary N) is 1. The number of amides is 1. The van der Waals surface area contributed by atoms with Crippen molar-refractivity contribution >= 4 is 29.1 Å². The van der Waals surface area contributed by atoms with Crippen molar-refractivity contribution in [2.24, 2.45) is 0 Å². The second kappa shape index (κ2) is 9.69. The highest BCUT2D eigenvalue weighted by Crippen LogP contribution is 2.39. The van der Waals surface area contributed by atoms with E-state index in [9.17, 15) is 14.7 Å². The van der Waals surface area contributed by atoms with Crippen molar-refractivity contribution in [3.8, 4) is 0 Å². The van der Waals surface area contributed by atoms with E-state index in [1.165, 1.54) is 4.90 Å². The highest BCUT2D eigenvalue weighted by molar-refractivity contribution is 6.46. The lowest BCUT2D eigenvalue weighted by molar-refractivity contribution is -0.139. The minimum absolute atomic E-state index is 0.0373. The normalized spacial score (nSPS) is 18.4. The Kier molecular flexibility index (Phi) is 7.04. The van der Waals surface area contributed by atoms with Gasteiger partial charge in [0, 0.05) is 23.7 Å². The van der Waals surface area contributed by atoms with E-state index in [0.717, 1.165) is 5.56 Å². The van der Waals surface area contributed by atoms with E-state index in [4.69, 9.17) is 16.7 Å². The van der Waals surface area contributed by atoms with E-state index in [-0.39, 0.29) is 17.9 Å². The minimum atomic E-state index is -0.699. The summed E-state index contributed by atoms with van der Waals surface area (Å²) >= 11 is 5.92. The van der Waals surface area contributed by atoms with Crippen LogP contribution in [0.15, 0.2) is 60.2 Å². The van der Waals surface area contributed by atoms with E-state index < -0.39 is 17.7 Å². The summed E-state index contributed by atoms with van der Waals surface area (Å²) < 4.78 is 0. The molecule has 3 N–H and O–H groups in total. The van der Waals surface area contributed by atoms with E-state index >= 15 is 0 Å². The lowest BCUT2D eigenvalue weighted by Crippen LogP contribution is -2.32. The Morgan fingerprint density at radius 1 is 1.03 bits per heavy atom. The van der Waals surface area contributed by atoms with E-state index in [1.807, 2.05) is 30.3 Å². The summed E-state index contributed by atoms with van der Waals surface area (Å²) in [6, 6.07) is 15.0. The number of aliphatic hydroxyl groups excluding tert-OH is 2. The zero-order valence-electron chi connectivity index (χ0n) is 15.8. The molecule has 29 heavy (non-hydrogen) atoms. The first-order valence-electron chi connectivity index (χ1n) is 9.45. The average molecular weight is 415 g/mol. The second-order valence-electron chi connectivity index (χ2n) is 6.74.